The summed E-state index contributed by atoms with van der Waals surface area (Å²) in [5.74, 6) is 1.21. The van der Waals surface area contributed by atoms with Crippen LogP contribution in [0.3, 0.4) is 0 Å². The number of H-pyrrole nitrogens is 1. The number of hydrogen-bond donors (Lipinski definition) is 1. The van der Waals surface area contributed by atoms with Crippen LogP contribution in [-0.2, 0) is 18.4 Å². The van der Waals surface area contributed by atoms with Crippen LogP contribution in [0.4, 0.5) is 0 Å². The van der Waals surface area contributed by atoms with Crippen LogP contribution in [0.5, 0.6) is 5.75 Å². The highest BCUT2D eigenvalue weighted by atomic mass is 16.5. The number of nitrogens with one attached hydrogen (secondary N) is 1. The Morgan fingerprint density at radius 2 is 1.74 bits per heavy atom. The Morgan fingerprint density at radius 1 is 1.06 bits per heavy atom. The molecule has 6 nitrogen and oxygen atoms in total. The van der Waals surface area contributed by atoms with E-state index in [1.165, 1.54) is 5.56 Å². The number of ether oxygens (including phenoxy) is 1. The predicted molar refractivity (Wildman–Crippen MR) is 120 cm³/mol. The van der Waals surface area contributed by atoms with E-state index in [9.17, 15) is 9.59 Å². The molecule has 4 rings (SSSR count). The van der Waals surface area contributed by atoms with Crippen molar-refractivity contribution in [2.24, 2.45) is 0 Å². The first kappa shape index (κ1) is 20.8. The van der Waals surface area contributed by atoms with Gasteiger partial charge in [0.1, 0.15) is 11.6 Å². The second-order valence-corrected chi connectivity index (χ2v) is 8.87. The molecule has 0 fully saturated rings. The van der Waals surface area contributed by atoms with Crippen molar-refractivity contribution in [2.75, 3.05) is 13.7 Å². The summed E-state index contributed by atoms with van der Waals surface area (Å²) in [6, 6.07) is 15.1. The third-order valence-corrected chi connectivity index (χ3v) is 5.72. The lowest BCUT2D eigenvalue weighted by molar-refractivity contribution is 0.0732. The number of aromatic amines is 1. The minimum atomic E-state index is -0.198. The molecule has 1 amide bonds. The summed E-state index contributed by atoms with van der Waals surface area (Å²) in [5, 5.41) is 0. The fraction of sp³-hybridized carbons (Fsp3) is 0.320. The first-order chi connectivity index (χ1) is 14.8. The topological polar surface area (TPSA) is 75.3 Å². The second kappa shape index (κ2) is 8.02. The third-order valence-electron chi connectivity index (χ3n) is 5.72. The van der Waals surface area contributed by atoms with Gasteiger partial charge in [-0.15, -0.1) is 0 Å². The molecule has 1 aromatic heterocycles. The number of amides is 1. The number of carbonyl (C=O) groups is 1. The Balaban J connectivity index is 1.56. The zero-order valence-corrected chi connectivity index (χ0v) is 18.4. The van der Waals surface area contributed by atoms with Crippen LogP contribution in [0.1, 0.15) is 48.0 Å². The molecule has 1 aliphatic rings. The summed E-state index contributed by atoms with van der Waals surface area (Å²) in [6.07, 6.45) is 0.550. The van der Waals surface area contributed by atoms with Crippen molar-refractivity contribution < 1.29 is 9.53 Å². The molecule has 2 aromatic carbocycles. The molecule has 0 radical (unpaired) electrons. The van der Waals surface area contributed by atoms with Crippen LogP contribution in [0, 0.1) is 0 Å². The minimum absolute atomic E-state index is 0.0339. The zero-order valence-electron chi connectivity index (χ0n) is 18.4. The normalized spacial score (nSPS) is 13.6. The van der Waals surface area contributed by atoms with Gasteiger partial charge in [0.15, 0.2) is 0 Å². The molecule has 0 saturated carbocycles. The van der Waals surface area contributed by atoms with E-state index in [0.717, 1.165) is 17.0 Å². The molecule has 3 aromatic rings. The Labute approximate surface area is 181 Å². The van der Waals surface area contributed by atoms with E-state index in [-0.39, 0.29) is 23.4 Å². The van der Waals surface area contributed by atoms with Crippen molar-refractivity contribution in [3.63, 3.8) is 0 Å². The van der Waals surface area contributed by atoms with E-state index in [1.807, 2.05) is 48.5 Å². The number of carbonyl (C=O) groups excluding carboxylic acids is 1. The van der Waals surface area contributed by atoms with Crippen LogP contribution in [0.25, 0.3) is 11.4 Å². The van der Waals surface area contributed by atoms with Gasteiger partial charge in [0.25, 0.3) is 11.5 Å². The van der Waals surface area contributed by atoms with Crippen molar-refractivity contribution in [3.8, 4) is 17.1 Å². The van der Waals surface area contributed by atoms with Crippen LogP contribution in [0.15, 0.2) is 53.3 Å². The van der Waals surface area contributed by atoms with Gasteiger partial charge in [0, 0.05) is 24.1 Å². The largest absolute Gasteiger partial charge is 0.497 e. The summed E-state index contributed by atoms with van der Waals surface area (Å²) in [5.41, 5.74) is 3.78. The molecule has 0 aliphatic carbocycles. The highest BCUT2D eigenvalue weighted by Gasteiger charge is 2.26. The van der Waals surface area contributed by atoms with E-state index in [1.54, 1.807) is 12.0 Å². The fourth-order valence-corrected chi connectivity index (χ4v) is 3.78. The molecule has 1 aliphatic heterocycles. The maximum Gasteiger partial charge on any atom is 0.256 e. The quantitative estimate of drug-likeness (QED) is 0.700. The minimum Gasteiger partial charge on any atom is -0.497 e. The Kier molecular flexibility index (Phi) is 5.39. The van der Waals surface area contributed by atoms with E-state index in [2.05, 4.69) is 30.7 Å². The van der Waals surface area contributed by atoms with Crippen molar-refractivity contribution in [1.82, 2.24) is 14.9 Å². The lowest BCUT2D eigenvalue weighted by Crippen LogP contribution is -2.39. The molecule has 0 bridgehead atoms. The molecular formula is C25H27N3O3. The molecule has 2 heterocycles. The van der Waals surface area contributed by atoms with E-state index >= 15 is 0 Å². The van der Waals surface area contributed by atoms with Crippen LogP contribution in [0.2, 0.25) is 0 Å². The van der Waals surface area contributed by atoms with Gasteiger partial charge in [-0.25, -0.2) is 4.98 Å². The van der Waals surface area contributed by atoms with Crippen molar-refractivity contribution >= 4 is 5.91 Å². The Hall–Kier alpha value is -3.41. The van der Waals surface area contributed by atoms with Crippen LogP contribution in [-0.4, -0.2) is 34.4 Å². The molecule has 0 atom stereocenters. The van der Waals surface area contributed by atoms with Gasteiger partial charge in [-0.1, -0.05) is 32.9 Å². The van der Waals surface area contributed by atoms with Crippen LogP contribution < -0.4 is 10.3 Å². The smallest absolute Gasteiger partial charge is 0.256 e. The van der Waals surface area contributed by atoms with Gasteiger partial charge in [-0.2, -0.15) is 0 Å². The number of methoxy groups -OCH3 is 1. The van der Waals surface area contributed by atoms with Gasteiger partial charge in [0.05, 0.1) is 24.9 Å². The summed E-state index contributed by atoms with van der Waals surface area (Å²) in [6.45, 7) is 7.23. The van der Waals surface area contributed by atoms with Gasteiger partial charge in [0.2, 0.25) is 0 Å². The fourth-order valence-electron chi connectivity index (χ4n) is 3.78. The summed E-state index contributed by atoms with van der Waals surface area (Å²) in [7, 11) is 1.61. The lowest BCUT2D eigenvalue weighted by atomic mass is 9.86. The summed E-state index contributed by atoms with van der Waals surface area (Å²) >= 11 is 0. The van der Waals surface area contributed by atoms with Crippen molar-refractivity contribution in [3.05, 3.63) is 81.3 Å². The molecule has 6 heteroatoms. The van der Waals surface area contributed by atoms with E-state index in [0.29, 0.717) is 29.9 Å². The number of benzene rings is 2. The van der Waals surface area contributed by atoms with Crippen molar-refractivity contribution in [1.29, 1.82) is 0 Å². The predicted octanol–water partition coefficient (Wildman–Crippen LogP) is 3.94. The van der Waals surface area contributed by atoms with E-state index in [4.69, 9.17) is 4.74 Å². The summed E-state index contributed by atoms with van der Waals surface area (Å²) < 4.78 is 5.18. The van der Waals surface area contributed by atoms with Gasteiger partial charge < -0.3 is 14.6 Å². The maximum absolute atomic E-state index is 13.0. The highest BCUT2D eigenvalue weighted by molar-refractivity contribution is 5.94. The average molecular weight is 418 g/mol. The number of aromatic nitrogens is 2. The molecule has 0 saturated heterocycles. The second-order valence-electron chi connectivity index (χ2n) is 8.87. The van der Waals surface area contributed by atoms with E-state index < -0.39 is 0 Å². The molecular weight excluding hydrogens is 390 g/mol. The summed E-state index contributed by atoms with van der Waals surface area (Å²) in [4.78, 5) is 35.1. The first-order valence-corrected chi connectivity index (χ1v) is 10.4. The lowest BCUT2D eigenvalue weighted by Gasteiger charge is -2.28. The first-order valence-electron chi connectivity index (χ1n) is 10.4. The SMILES string of the molecule is COc1ccc(-c2nc3c(c(=O)[nH]2)CN(C(=O)c2ccc(C(C)(C)C)cc2)CC3)cc1. The third kappa shape index (κ3) is 4.24. The number of fused-ring (bicyclic) bond motifs is 1. The maximum atomic E-state index is 13.0. The standard InChI is InChI=1S/C25H27N3O3/c1-25(2,3)18-9-5-17(6-10-18)24(30)28-14-13-21-20(15-28)23(29)27-22(26-21)16-7-11-19(31-4)12-8-16/h5-12H,13-15H2,1-4H3,(H,26,27,29). The number of nitrogens with zero attached hydrogens (tertiary/aromatic N) is 2. The molecule has 160 valence electrons. The van der Waals surface area contributed by atoms with Gasteiger partial charge >= 0.3 is 0 Å². The van der Waals surface area contributed by atoms with Crippen LogP contribution >= 0.6 is 0 Å². The molecule has 1 N–H and O–H groups in total. The monoisotopic (exact) mass is 417 g/mol. The van der Waals surface area contributed by atoms with Gasteiger partial charge in [-0.3, -0.25) is 9.59 Å². The Bertz CT molecular complexity index is 1160. The van der Waals surface area contributed by atoms with Crippen molar-refractivity contribution in [2.45, 2.75) is 39.2 Å². The molecule has 31 heavy (non-hydrogen) atoms. The average Bonchev–Trinajstić information content (AvgIpc) is 2.78. The Morgan fingerprint density at radius 3 is 2.35 bits per heavy atom. The number of rotatable bonds is 3. The molecule has 0 unspecified atom stereocenters. The highest BCUT2D eigenvalue weighted by Crippen LogP contribution is 2.24. The number of hydrogen-bond acceptors (Lipinski definition) is 4. The molecule has 0 spiro atoms. The van der Waals surface area contributed by atoms with Gasteiger partial charge in [-0.05, 0) is 47.4 Å². The zero-order chi connectivity index (χ0) is 22.2.